The molecular weight excluding hydrogens is 346 g/mol. The Morgan fingerprint density at radius 2 is 1.96 bits per heavy atom. The summed E-state index contributed by atoms with van der Waals surface area (Å²) in [6.07, 6.45) is 5.58. The largest absolute Gasteiger partial charge is 0.338 e. The van der Waals surface area contributed by atoms with Crippen LogP contribution >= 0.6 is 11.6 Å². The molecule has 0 spiro atoms. The van der Waals surface area contributed by atoms with Gasteiger partial charge >= 0.3 is 0 Å². The lowest BCUT2D eigenvalue weighted by atomic mass is 9.88. The second kappa shape index (κ2) is 7.12. The van der Waals surface area contributed by atoms with Crippen LogP contribution in [0.25, 0.3) is 22.4 Å². The highest BCUT2D eigenvalue weighted by Crippen LogP contribution is 2.28. The minimum atomic E-state index is 0.148. The Labute approximate surface area is 158 Å². The number of aromatic amines is 1. The summed E-state index contributed by atoms with van der Waals surface area (Å²) >= 11 is 6.05. The number of rotatable bonds is 3. The number of hydrogen-bond donors (Lipinski definition) is 2. The third kappa shape index (κ3) is 3.47. The van der Waals surface area contributed by atoms with Gasteiger partial charge in [0.25, 0.3) is 0 Å². The number of nitrogens with one attached hydrogen (secondary N) is 2. The number of aryl methyl sites for hydroxylation is 1. The van der Waals surface area contributed by atoms with Crippen LogP contribution in [0.3, 0.4) is 0 Å². The van der Waals surface area contributed by atoms with E-state index >= 15 is 0 Å². The van der Waals surface area contributed by atoms with E-state index in [0.717, 1.165) is 59.4 Å². The van der Waals surface area contributed by atoms with Crippen LogP contribution in [0.15, 0.2) is 36.4 Å². The molecule has 1 fully saturated rings. The molecule has 4 nitrogen and oxygen atoms in total. The Hall–Kier alpha value is -2.33. The number of anilines is 1. The van der Waals surface area contributed by atoms with E-state index < -0.39 is 0 Å². The molecule has 1 saturated carbocycles. The molecule has 1 aromatic heterocycles. The number of amides is 1. The zero-order chi connectivity index (χ0) is 18.1. The molecule has 26 heavy (non-hydrogen) atoms. The Morgan fingerprint density at radius 3 is 2.73 bits per heavy atom. The highest BCUT2D eigenvalue weighted by molar-refractivity contribution is 6.31. The molecule has 0 radical (unpaired) electrons. The number of aromatic nitrogens is 2. The quantitative estimate of drug-likeness (QED) is 0.622. The number of fused-ring (bicyclic) bond motifs is 1. The highest BCUT2D eigenvalue weighted by atomic mass is 35.5. The van der Waals surface area contributed by atoms with E-state index in [0.29, 0.717) is 5.02 Å². The lowest BCUT2D eigenvalue weighted by molar-refractivity contribution is -0.120. The normalized spacial score (nSPS) is 15.3. The van der Waals surface area contributed by atoms with Crippen LogP contribution < -0.4 is 5.32 Å². The van der Waals surface area contributed by atoms with Crippen LogP contribution in [-0.4, -0.2) is 15.9 Å². The van der Waals surface area contributed by atoms with Crippen molar-refractivity contribution in [3.05, 3.63) is 47.0 Å². The summed E-state index contributed by atoms with van der Waals surface area (Å²) < 4.78 is 0. The second-order valence-electron chi connectivity index (χ2n) is 7.10. The van der Waals surface area contributed by atoms with E-state index in [1.807, 2.05) is 43.3 Å². The number of carbonyl (C=O) groups is 1. The van der Waals surface area contributed by atoms with E-state index in [-0.39, 0.29) is 11.8 Å². The van der Waals surface area contributed by atoms with Crippen molar-refractivity contribution >= 4 is 34.2 Å². The molecule has 1 heterocycles. The fourth-order valence-electron chi connectivity index (χ4n) is 3.73. The predicted molar refractivity (Wildman–Crippen MR) is 106 cm³/mol. The molecule has 2 N–H and O–H groups in total. The van der Waals surface area contributed by atoms with E-state index in [1.165, 1.54) is 6.42 Å². The average molecular weight is 368 g/mol. The molecule has 5 heteroatoms. The summed E-state index contributed by atoms with van der Waals surface area (Å²) in [5.74, 6) is 1.11. The number of nitrogens with zero attached hydrogens (tertiary/aromatic N) is 1. The second-order valence-corrected chi connectivity index (χ2v) is 7.54. The monoisotopic (exact) mass is 367 g/mol. The van der Waals surface area contributed by atoms with E-state index in [4.69, 9.17) is 11.6 Å². The molecular formula is C21H22ClN3O. The molecule has 1 amide bonds. The van der Waals surface area contributed by atoms with Crippen molar-refractivity contribution in [3.63, 3.8) is 0 Å². The van der Waals surface area contributed by atoms with Gasteiger partial charge in [0.1, 0.15) is 5.82 Å². The molecule has 0 unspecified atom stereocenters. The van der Waals surface area contributed by atoms with Gasteiger partial charge in [-0.25, -0.2) is 4.98 Å². The highest BCUT2D eigenvalue weighted by Gasteiger charge is 2.21. The van der Waals surface area contributed by atoms with Gasteiger partial charge in [-0.2, -0.15) is 0 Å². The van der Waals surface area contributed by atoms with Crippen LogP contribution in [-0.2, 0) is 4.79 Å². The van der Waals surface area contributed by atoms with Crippen molar-refractivity contribution in [2.24, 2.45) is 5.92 Å². The first-order valence-corrected chi connectivity index (χ1v) is 9.55. The molecule has 3 aromatic rings. The van der Waals surface area contributed by atoms with Gasteiger partial charge < -0.3 is 10.3 Å². The SMILES string of the molecule is Cc1cc(NC(=O)C2CCCCC2)ccc1-c1nc2ccc(Cl)cc2[nH]1. The topological polar surface area (TPSA) is 57.8 Å². The van der Waals surface area contributed by atoms with Gasteiger partial charge in [-0.3, -0.25) is 4.79 Å². The maximum Gasteiger partial charge on any atom is 0.227 e. The van der Waals surface area contributed by atoms with Crippen LogP contribution in [0, 0.1) is 12.8 Å². The summed E-state index contributed by atoms with van der Waals surface area (Å²) in [6, 6.07) is 11.6. The number of hydrogen-bond acceptors (Lipinski definition) is 2. The fourth-order valence-corrected chi connectivity index (χ4v) is 3.90. The zero-order valence-corrected chi connectivity index (χ0v) is 15.6. The third-order valence-electron chi connectivity index (χ3n) is 5.17. The molecule has 0 atom stereocenters. The van der Waals surface area contributed by atoms with Gasteiger partial charge in [0.15, 0.2) is 0 Å². The fraction of sp³-hybridized carbons (Fsp3) is 0.333. The molecule has 1 aliphatic rings. The predicted octanol–water partition coefficient (Wildman–Crippen LogP) is 5.71. The number of benzene rings is 2. The van der Waals surface area contributed by atoms with Gasteiger partial charge in [0.05, 0.1) is 11.0 Å². The minimum absolute atomic E-state index is 0.148. The molecule has 4 rings (SSSR count). The molecule has 1 aliphatic carbocycles. The van der Waals surface area contributed by atoms with Gasteiger partial charge in [-0.1, -0.05) is 30.9 Å². The molecule has 0 aliphatic heterocycles. The molecule has 0 bridgehead atoms. The zero-order valence-electron chi connectivity index (χ0n) is 14.8. The maximum atomic E-state index is 12.4. The number of H-pyrrole nitrogens is 1. The molecule has 134 valence electrons. The van der Waals surface area contributed by atoms with Gasteiger partial charge in [-0.15, -0.1) is 0 Å². The Bertz CT molecular complexity index is 957. The van der Waals surface area contributed by atoms with E-state index in [9.17, 15) is 4.79 Å². The summed E-state index contributed by atoms with van der Waals surface area (Å²) in [4.78, 5) is 20.4. The minimum Gasteiger partial charge on any atom is -0.338 e. The van der Waals surface area contributed by atoms with Crippen molar-refractivity contribution in [3.8, 4) is 11.4 Å². The number of imidazole rings is 1. The van der Waals surface area contributed by atoms with Crippen LogP contribution in [0.2, 0.25) is 5.02 Å². The summed E-state index contributed by atoms with van der Waals surface area (Å²) in [6.45, 7) is 2.03. The van der Waals surface area contributed by atoms with E-state index in [2.05, 4.69) is 15.3 Å². The smallest absolute Gasteiger partial charge is 0.227 e. The number of carbonyl (C=O) groups excluding carboxylic acids is 1. The van der Waals surface area contributed by atoms with Crippen molar-refractivity contribution in [2.45, 2.75) is 39.0 Å². The number of halogens is 1. The van der Waals surface area contributed by atoms with E-state index in [1.54, 1.807) is 0 Å². The standard InChI is InChI=1S/C21H22ClN3O/c1-13-11-16(23-21(26)14-5-3-2-4-6-14)8-9-17(13)20-24-18-10-7-15(22)12-19(18)25-20/h7-12,14H,2-6H2,1H3,(H,23,26)(H,24,25). The van der Waals surface area contributed by atoms with Crippen molar-refractivity contribution < 1.29 is 4.79 Å². The van der Waals surface area contributed by atoms with Crippen LogP contribution in [0.5, 0.6) is 0 Å². The van der Waals surface area contributed by atoms with Gasteiger partial charge in [0, 0.05) is 22.2 Å². The lowest BCUT2D eigenvalue weighted by Crippen LogP contribution is -2.24. The van der Waals surface area contributed by atoms with Crippen molar-refractivity contribution in [2.75, 3.05) is 5.32 Å². The van der Waals surface area contributed by atoms with Crippen molar-refractivity contribution in [1.29, 1.82) is 0 Å². The first kappa shape index (κ1) is 17.1. The van der Waals surface area contributed by atoms with Gasteiger partial charge in [-0.05, 0) is 61.7 Å². The Kier molecular flexibility index (Phi) is 4.68. The van der Waals surface area contributed by atoms with Crippen LogP contribution in [0.1, 0.15) is 37.7 Å². The third-order valence-corrected chi connectivity index (χ3v) is 5.40. The molecule has 2 aromatic carbocycles. The maximum absolute atomic E-state index is 12.4. The Morgan fingerprint density at radius 1 is 1.15 bits per heavy atom. The lowest BCUT2D eigenvalue weighted by Gasteiger charge is -2.21. The summed E-state index contributed by atoms with van der Waals surface area (Å²) in [5, 5.41) is 3.76. The Balaban J connectivity index is 1.55. The average Bonchev–Trinajstić information content (AvgIpc) is 3.05. The van der Waals surface area contributed by atoms with Crippen LogP contribution in [0.4, 0.5) is 5.69 Å². The first-order chi connectivity index (χ1) is 12.6. The van der Waals surface area contributed by atoms with Gasteiger partial charge in [0.2, 0.25) is 5.91 Å². The first-order valence-electron chi connectivity index (χ1n) is 9.17. The van der Waals surface area contributed by atoms with Crippen molar-refractivity contribution in [1.82, 2.24) is 9.97 Å². The molecule has 0 saturated heterocycles. The summed E-state index contributed by atoms with van der Waals surface area (Å²) in [5.41, 5.74) is 4.74. The summed E-state index contributed by atoms with van der Waals surface area (Å²) in [7, 11) is 0.